The fraction of sp³-hybridized carbons (Fsp3) is 0.429. The zero-order chi connectivity index (χ0) is 18.0. The smallest absolute Gasteiger partial charge is 0.244 e. The lowest BCUT2D eigenvalue weighted by Crippen LogP contribution is -2.24. The fourth-order valence-corrected chi connectivity index (χ4v) is 3.17. The van der Waals surface area contributed by atoms with Gasteiger partial charge in [0.15, 0.2) is 0 Å². The van der Waals surface area contributed by atoms with Crippen molar-refractivity contribution in [2.45, 2.75) is 44.6 Å². The molecule has 0 radical (unpaired) electrons. The third kappa shape index (κ3) is 5.85. The molecule has 138 valence electrons. The summed E-state index contributed by atoms with van der Waals surface area (Å²) in [5.74, 6) is -0.0682. The molecule has 1 amide bonds. The van der Waals surface area contributed by atoms with E-state index in [0.717, 1.165) is 24.3 Å². The van der Waals surface area contributed by atoms with E-state index in [1.54, 1.807) is 18.6 Å². The van der Waals surface area contributed by atoms with Crippen molar-refractivity contribution in [3.63, 3.8) is 0 Å². The third-order valence-electron chi connectivity index (χ3n) is 4.65. The first-order valence-corrected chi connectivity index (χ1v) is 9.47. The summed E-state index contributed by atoms with van der Waals surface area (Å²) >= 11 is 0. The maximum atomic E-state index is 11.9. The van der Waals surface area contributed by atoms with Crippen molar-refractivity contribution in [2.75, 3.05) is 13.2 Å². The fourth-order valence-electron chi connectivity index (χ4n) is 3.17. The standard InChI is InChI=1S/C21H27N3O2/c25-21(23-13-4-16-26-20-5-2-1-3-6-20)12-9-18-7-10-19(11-8-18)24-15-14-22-17-24/h7-12,14-15,17,20H,1-6,13,16H2,(H,23,25)/b12-9+. The molecule has 1 aliphatic rings. The number of hydrogen-bond donors (Lipinski definition) is 1. The van der Waals surface area contributed by atoms with Gasteiger partial charge in [0.2, 0.25) is 5.91 Å². The van der Waals surface area contributed by atoms with E-state index >= 15 is 0 Å². The maximum Gasteiger partial charge on any atom is 0.244 e. The van der Waals surface area contributed by atoms with Crippen LogP contribution in [-0.2, 0) is 9.53 Å². The molecule has 0 aliphatic heterocycles. The minimum atomic E-state index is -0.0682. The molecule has 0 bridgehead atoms. The van der Waals surface area contributed by atoms with Gasteiger partial charge in [-0.05, 0) is 43.0 Å². The number of ether oxygens (including phenoxy) is 1. The Bertz CT molecular complexity index is 687. The monoisotopic (exact) mass is 353 g/mol. The lowest BCUT2D eigenvalue weighted by molar-refractivity contribution is -0.116. The molecule has 0 atom stereocenters. The Morgan fingerprint density at radius 3 is 2.77 bits per heavy atom. The van der Waals surface area contributed by atoms with Crippen LogP contribution in [0.5, 0.6) is 0 Å². The van der Waals surface area contributed by atoms with Crippen LogP contribution in [0.2, 0.25) is 0 Å². The minimum absolute atomic E-state index is 0.0682. The summed E-state index contributed by atoms with van der Waals surface area (Å²) in [5, 5.41) is 2.91. The van der Waals surface area contributed by atoms with E-state index in [-0.39, 0.29) is 5.91 Å². The van der Waals surface area contributed by atoms with Crippen LogP contribution in [0.4, 0.5) is 0 Å². The van der Waals surface area contributed by atoms with Crippen molar-refractivity contribution in [3.8, 4) is 5.69 Å². The average molecular weight is 353 g/mol. The van der Waals surface area contributed by atoms with Crippen molar-refractivity contribution in [2.24, 2.45) is 0 Å². The third-order valence-corrected chi connectivity index (χ3v) is 4.65. The highest BCUT2D eigenvalue weighted by atomic mass is 16.5. The van der Waals surface area contributed by atoms with Crippen LogP contribution in [0.1, 0.15) is 44.1 Å². The number of carbonyl (C=O) groups is 1. The Kier molecular flexibility index (Phi) is 7.02. The molecule has 0 spiro atoms. The second-order valence-corrected chi connectivity index (χ2v) is 6.67. The van der Waals surface area contributed by atoms with Gasteiger partial charge in [-0.25, -0.2) is 4.98 Å². The number of carbonyl (C=O) groups excluding carboxylic acids is 1. The first-order chi connectivity index (χ1) is 12.8. The Balaban J connectivity index is 1.33. The number of hydrogen-bond acceptors (Lipinski definition) is 3. The van der Waals surface area contributed by atoms with Crippen molar-refractivity contribution in [1.29, 1.82) is 0 Å². The van der Waals surface area contributed by atoms with E-state index in [9.17, 15) is 4.79 Å². The molecule has 5 nitrogen and oxygen atoms in total. The highest BCUT2D eigenvalue weighted by Gasteiger charge is 2.12. The Morgan fingerprint density at radius 1 is 1.23 bits per heavy atom. The van der Waals surface area contributed by atoms with Crippen LogP contribution in [0.15, 0.2) is 49.1 Å². The van der Waals surface area contributed by atoms with Crippen LogP contribution < -0.4 is 5.32 Å². The number of benzene rings is 1. The summed E-state index contributed by atoms with van der Waals surface area (Å²) in [5.41, 5.74) is 2.03. The first kappa shape index (κ1) is 18.4. The van der Waals surface area contributed by atoms with E-state index in [2.05, 4.69) is 10.3 Å². The maximum absolute atomic E-state index is 11.9. The first-order valence-electron chi connectivity index (χ1n) is 9.47. The van der Waals surface area contributed by atoms with Crippen LogP contribution in [0.25, 0.3) is 11.8 Å². The van der Waals surface area contributed by atoms with Crippen molar-refractivity contribution in [3.05, 3.63) is 54.6 Å². The molecule has 1 aliphatic carbocycles. The number of nitrogens with one attached hydrogen (secondary N) is 1. The van der Waals surface area contributed by atoms with Crippen LogP contribution in [0.3, 0.4) is 0 Å². The molecule has 0 saturated heterocycles. The number of rotatable bonds is 8. The summed E-state index contributed by atoms with van der Waals surface area (Å²) in [7, 11) is 0. The predicted molar refractivity (Wildman–Crippen MR) is 103 cm³/mol. The van der Waals surface area contributed by atoms with Gasteiger partial charge in [-0.15, -0.1) is 0 Å². The zero-order valence-electron chi connectivity index (χ0n) is 15.1. The number of amides is 1. The van der Waals surface area contributed by atoms with Crippen LogP contribution in [0, 0.1) is 0 Å². The van der Waals surface area contributed by atoms with Gasteiger partial charge in [0.25, 0.3) is 0 Å². The normalized spacial score (nSPS) is 15.4. The average Bonchev–Trinajstić information content (AvgIpc) is 3.22. The van der Waals surface area contributed by atoms with Gasteiger partial charge in [-0.2, -0.15) is 0 Å². The van der Waals surface area contributed by atoms with Crippen LogP contribution >= 0.6 is 0 Å². The van der Waals surface area contributed by atoms with E-state index in [0.29, 0.717) is 12.6 Å². The van der Waals surface area contributed by atoms with Crippen molar-refractivity contribution in [1.82, 2.24) is 14.9 Å². The zero-order valence-corrected chi connectivity index (χ0v) is 15.1. The molecule has 2 aromatic rings. The Morgan fingerprint density at radius 2 is 2.04 bits per heavy atom. The topological polar surface area (TPSA) is 56.2 Å². The molecular weight excluding hydrogens is 326 g/mol. The van der Waals surface area contributed by atoms with Crippen molar-refractivity contribution < 1.29 is 9.53 Å². The van der Waals surface area contributed by atoms with E-state index in [1.165, 1.54) is 32.1 Å². The molecule has 0 unspecified atom stereocenters. The lowest BCUT2D eigenvalue weighted by atomic mass is 9.98. The largest absolute Gasteiger partial charge is 0.378 e. The van der Waals surface area contributed by atoms with Gasteiger partial charge in [0.05, 0.1) is 12.4 Å². The van der Waals surface area contributed by atoms with Gasteiger partial charge in [-0.3, -0.25) is 4.79 Å². The molecule has 3 rings (SSSR count). The van der Waals surface area contributed by atoms with Gasteiger partial charge < -0.3 is 14.6 Å². The highest BCUT2D eigenvalue weighted by Crippen LogP contribution is 2.20. The summed E-state index contributed by atoms with van der Waals surface area (Å²) in [4.78, 5) is 15.9. The highest BCUT2D eigenvalue weighted by molar-refractivity contribution is 5.91. The van der Waals surface area contributed by atoms with E-state index in [1.807, 2.05) is 41.1 Å². The Hall–Kier alpha value is -2.40. The second-order valence-electron chi connectivity index (χ2n) is 6.67. The van der Waals surface area contributed by atoms with Gasteiger partial charge in [-0.1, -0.05) is 31.4 Å². The molecule has 1 N–H and O–H groups in total. The molecule has 5 heteroatoms. The summed E-state index contributed by atoms with van der Waals surface area (Å²) < 4.78 is 7.80. The van der Waals surface area contributed by atoms with Crippen LogP contribution in [-0.4, -0.2) is 34.7 Å². The lowest BCUT2D eigenvalue weighted by Gasteiger charge is -2.21. The summed E-state index contributed by atoms with van der Waals surface area (Å²) in [6.45, 7) is 1.37. The second kappa shape index (κ2) is 9.92. The molecule has 1 aromatic heterocycles. The van der Waals surface area contributed by atoms with Gasteiger partial charge in [0.1, 0.15) is 0 Å². The summed E-state index contributed by atoms with van der Waals surface area (Å²) in [6, 6.07) is 7.97. The molecule has 1 fully saturated rings. The number of imidazole rings is 1. The summed E-state index contributed by atoms with van der Waals surface area (Å²) in [6.07, 6.45) is 16.4. The van der Waals surface area contributed by atoms with Gasteiger partial charge in [0, 0.05) is 37.3 Å². The number of nitrogens with zero attached hydrogens (tertiary/aromatic N) is 2. The Labute approximate surface area is 155 Å². The predicted octanol–water partition coefficient (Wildman–Crippen LogP) is 3.74. The molecule has 26 heavy (non-hydrogen) atoms. The SMILES string of the molecule is O=C(/C=C/c1ccc(-n2ccnc2)cc1)NCCCOC1CCCCC1. The number of aromatic nitrogens is 2. The van der Waals surface area contributed by atoms with E-state index < -0.39 is 0 Å². The molecule has 1 saturated carbocycles. The quantitative estimate of drug-likeness (QED) is 0.581. The van der Waals surface area contributed by atoms with E-state index in [4.69, 9.17) is 4.74 Å². The minimum Gasteiger partial charge on any atom is -0.378 e. The van der Waals surface area contributed by atoms with Crippen molar-refractivity contribution >= 4 is 12.0 Å². The molecular formula is C21H27N3O2. The molecule has 1 heterocycles. The van der Waals surface area contributed by atoms with Gasteiger partial charge >= 0.3 is 0 Å². The molecule has 1 aromatic carbocycles.